The molecule has 0 aliphatic heterocycles. The average Bonchev–Trinajstić information content (AvgIpc) is 3.57. The molecule has 0 saturated heterocycles. The Balaban J connectivity index is 1.27. The van der Waals surface area contributed by atoms with E-state index in [1.54, 1.807) is 68.6 Å². The molecule has 1 atom stereocenters. The molecule has 0 saturated carbocycles. The lowest BCUT2D eigenvalue weighted by Gasteiger charge is -2.14. The zero-order chi connectivity index (χ0) is 33.9. The molecule has 0 fully saturated rings. The lowest BCUT2D eigenvalue weighted by atomic mass is 10.1. The molecule has 1 heterocycles. The van der Waals surface area contributed by atoms with Gasteiger partial charge in [0.15, 0.2) is 5.13 Å². The van der Waals surface area contributed by atoms with Crippen molar-refractivity contribution in [1.82, 2.24) is 10.3 Å². The summed E-state index contributed by atoms with van der Waals surface area (Å²) in [6, 6.07) is 30.7. The van der Waals surface area contributed by atoms with Crippen molar-refractivity contribution >= 4 is 57.7 Å². The van der Waals surface area contributed by atoms with Gasteiger partial charge in [-0.2, -0.15) is 0 Å². The highest BCUT2D eigenvalue weighted by molar-refractivity contribution is 8.00. The van der Waals surface area contributed by atoms with Gasteiger partial charge in [0.05, 0.1) is 24.7 Å². The van der Waals surface area contributed by atoms with E-state index in [1.165, 1.54) is 23.1 Å². The average molecular weight is 679 g/mol. The second-order valence-corrected chi connectivity index (χ2v) is 12.6. The topological polar surface area (TPSA) is 119 Å². The lowest BCUT2D eigenvalue weighted by molar-refractivity contribution is -0.115. The van der Waals surface area contributed by atoms with Gasteiger partial charge in [-0.25, -0.2) is 4.98 Å². The maximum atomic E-state index is 13.6. The molecule has 3 amide bonds. The molecule has 1 unspecified atom stereocenters. The number of aromatic nitrogens is 1. The van der Waals surface area contributed by atoms with Crippen LogP contribution in [0.3, 0.4) is 0 Å². The highest BCUT2D eigenvalue weighted by Gasteiger charge is 2.19. The second kappa shape index (κ2) is 16.4. The van der Waals surface area contributed by atoms with Crippen LogP contribution in [-0.2, 0) is 9.59 Å². The Kier molecular flexibility index (Phi) is 11.6. The number of thiazole rings is 1. The van der Waals surface area contributed by atoms with Crippen molar-refractivity contribution in [3.63, 3.8) is 0 Å². The second-order valence-electron chi connectivity index (χ2n) is 10.3. The molecule has 5 aromatic rings. The standard InChI is InChI=1S/C37H34N4O5S2/c1-4-46-33-16-9-8-13-27(33)21-31(39-35(43)26-11-6-5-7-12-26)36(44)38-28-14-10-15-30(22-28)48-24(2)34(42)41-37-40-32(23-47-37)25-17-19-29(45-3)20-18-25/h5-24H,4H2,1-3H3,(H,38,44)(H,39,43)(H,40,41,42)/b31-21+. The molecule has 1 aromatic heterocycles. The van der Waals surface area contributed by atoms with Crippen LogP contribution in [0, 0.1) is 0 Å². The van der Waals surface area contributed by atoms with E-state index >= 15 is 0 Å². The van der Waals surface area contributed by atoms with Crippen molar-refractivity contribution < 1.29 is 23.9 Å². The number of nitrogens with zero attached hydrogens (tertiary/aromatic N) is 1. The number of anilines is 2. The molecule has 11 heteroatoms. The molecule has 3 N–H and O–H groups in total. The minimum atomic E-state index is -0.519. The van der Waals surface area contributed by atoms with Crippen LogP contribution in [0.25, 0.3) is 17.3 Å². The number of carbonyl (C=O) groups is 3. The van der Waals surface area contributed by atoms with Crippen molar-refractivity contribution in [3.8, 4) is 22.8 Å². The number of methoxy groups -OCH3 is 1. The van der Waals surface area contributed by atoms with E-state index in [4.69, 9.17) is 9.47 Å². The number of hydrogen-bond acceptors (Lipinski definition) is 8. The molecule has 244 valence electrons. The highest BCUT2D eigenvalue weighted by Crippen LogP contribution is 2.30. The summed E-state index contributed by atoms with van der Waals surface area (Å²) in [7, 11) is 1.62. The monoisotopic (exact) mass is 678 g/mol. The number of thioether (sulfide) groups is 1. The molecule has 0 radical (unpaired) electrons. The molecule has 0 bridgehead atoms. The Morgan fingerprint density at radius 1 is 0.917 bits per heavy atom. The largest absolute Gasteiger partial charge is 0.497 e. The zero-order valence-corrected chi connectivity index (χ0v) is 28.2. The summed E-state index contributed by atoms with van der Waals surface area (Å²) in [4.78, 5) is 45.1. The summed E-state index contributed by atoms with van der Waals surface area (Å²) in [5.74, 6) is 0.194. The van der Waals surface area contributed by atoms with E-state index in [9.17, 15) is 14.4 Å². The van der Waals surface area contributed by atoms with E-state index in [-0.39, 0.29) is 11.6 Å². The fourth-order valence-corrected chi connectivity index (χ4v) is 6.17. The number of amides is 3. The third-order valence-electron chi connectivity index (χ3n) is 6.94. The number of carbonyl (C=O) groups excluding carboxylic acids is 3. The molecule has 9 nitrogen and oxygen atoms in total. The Hall–Kier alpha value is -5.39. The van der Waals surface area contributed by atoms with E-state index < -0.39 is 17.1 Å². The Labute approximate surface area is 287 Å². The molecular formula is C37H34N4O5S2. The summed E-state index contributed by atoms with van der Waals surface area (Å²) in [5, 5.41) is 10.5. The van der Waals surface area contributed by atoms with Crippen molar-refractivity contribution in [1.29, 1.82) is 0 Å². The molecule has 0 aliphatic rings. The number of hydrogen-bond donors (Lipinski definition) is 3. The molecule has 0 spiro atoms. The molecule has 5 rings (SSSR count). The fourth-order valence-electron chi connectivity index (χ4n) is 4.52. The summed E-state index contributed by atoms with van der Waals surface area (Å²) in [6.45, 7) is 4.12. The highest BCUT2D eigenvalue weighted by atomic mass is 32.2. The predicted octanol–water partition coefficient (Wildman–Crippen LogP) is 7.75. The molecule has 48 heavy (non-hydrogen) atoms. The van der Waals surface area contributed by atoms with Gasteiger partial charge in [-0.05, 0) is 80.6 Å². The van der Waals surface area contributed by atoms with Crippen LogP contribution in [0.4, 0.5) is 10.8 Å². The van der Waals surface area contributed by atoms with Gasteiger partial charge in [-0.15, -0.1) is 23.1 Å². The third kappa shape index (κ3) is 9.11. The quantitative estimate of drug-likeness (QED) is 0.0861. The van der Waals surface area contributed by atoms with Crippen LogP contribution < -0.4 is 25.4 Å². The van der Waals surface area contributed by atoms with Crippen molar-refractivity contribution in [2.75, 3.05) is 24.4 Å². The maximum absolute atomic E-state index is 13.6. The minimum absolute atomic E-state index is 0.0410. The van der Waals surface area contributed by atoms with Gasteiger partial charge in [-0.3, -0.25) is 14.4 Å². The van der Waals surface area contributed by atoms with Crippen LogP contribution in [0.15, 0.2) is 119 Å². The van der Waals surface area contributed by atoms with Crippen LogP contribution in [-0.4, -0.2) is 41.7 Å². The van der Waals surface area contributed by atoms with Gasteiger partial charge in [0.25, 0.3) is 11.8 Å². The number of rotatable bonds is 13. The van der Waals surface area contributed by atoms with Crippen LogP contribution in [0.2, 0.25) is 0 Å². The number of benzene rings is 4. The van der Waals surface area contributed by atoms with Gasteiger partial charge in [0.1, 0.15) is 17.2 Å². The van der Waals surface area contributed by atoms with Crippen LogP contribution >= 0.6 is 23.1 Å². The molecular weight excluding hydrogens is 645 g/mol. The first-order valence-electron chi connectivity index (χ1n) is 15.1. The van der Waals surface area contributed by atoms with Gasteiger partial charge in [-0.1, -0.05) is 42.5 Å². The van der Waals surface area contributed by atoms with Gasteiger partial charge in [0, 0.05) is 32.7 Å². The van der Waals surface area contributed by atoms with E-state index in [0.717, 1.165) is 21.9 Å². The number of nitrogens with one attached hydrogen (secondary N) is 3. The van der Waals surface area contributed by atoms with E-state index in [1.807, 2.05) is 66.9 Å². The van der Waals surface area contributed by atoms with Crippen LogP contribution in [0.5, 0.6) is 11.5 Å². The normalized spacial score (nSPS) is 11.7. The Morgan fingerprint density at radius 3 is 2.42 bits per heavy atom. The van der Waals surface area contributed by atoms with Gasteiger partial charge in [0.2, 0.25) is 5.91 Å². The smallest absolute Gasteiger partial charge is 0.272 e. The van der Waals surface area contributed by atoms with Gasteiger partial charge < -0.3 is 25.4 Å². The van der Waals surface area contributed by atoms with E-state index in [2.05, 4.69) is 20.9 Å². The first-order chi connectivity index (χ1) is 23.3. The summed E-state index contributed by atoms with van der Waals surface area (Å²) < 4.78 is 10.9. The lowest BCUT2D eigenvalue weighted by Crippen LogP contribution is -2.30. The summed E-state index contributed by atoms with van der Waals surface area (Å²) in [5.41, 5.74) is 3.27. The minimum Gasteiger partial charge on any atom is -0.497 e. The Morgan fingerprint density at radius 2 is 1.67 bits per heavy atom. The fraction of sp³-hybridized carbons (Fsp3) is 0.135. The van der Waals surface area contributed by atoms with Crippen molar-refractivity contribution in [2.24, 2.45) is 0 Å². The van der Waals surface area contributed by atoms with Gasteiger partial charge >= 0.3 is 0 Å². The predicted molar refractivity (Wildman–Crippen MR) is 193 cm³/mol. The third-order valence-corrected chi connectivity index (χ3v) is 8.79. The van der Waals surface area contributed by atoms with Crippen molar-refractivity contribution in [2.45, 2.75) is 24.0 Å². The van der Waals surface area contributed by atoms with E-state index in [0.29, 0.717) is 34.3 Å². The first-order valence-corrected chi connectivity index (χ1v) is 16.9. The summed E-state index contributed by atoms with van der Waals surface area (Å²) in [6.07, 6.45) is 1.59. The first kappa shape index (κ1) is 34.0. The van der Waals surface area contributed by atoms with Crippen molar-refractivity contribution in [3.05, 3.63) is 125 Å². The molecule has 4 aromatic carbocycles. The SMILES string of the molecule is CCOc1ccccc1/C=C(/NC(=O)c1ccccc1)C(=O)Nc1cccc(SC(C)C(=O)Nc2nc(-c3ccc(OC)cc3)cs2)c1. The Bertz CT molecular complexity index is 1910. The van der Waals surface area contributed by atoms with Crippen LogP contribution in [0.1, 0.15) is 29.8 Å². The summed E-state index contributed by atoms with van der Waals surface area (Å²) >= 11 is 2.70. The molecule has 0 aliphatic carbocycles. The zero-order valence-electron chi connectivity index (χ0n) is 26.6. The number of ether oxygens (including phenoxy) is 2. The number of para-hydroxylation sites is 1. The maximum Gasteiger partial charge on any atom is 0.272 e.